The van der Waals surface area contributed by atoms with Crippen LogP contribution >= 0.6 is 23.5 Å². The van der Waals surface area contributed by atoms with Crippen LogP contribution in [0.15, 0.2) is 0 Å². The summed E-state index contributed by atoms with van der Waals surface area (Å²) in [6, 6.07) is 0.535. The molecule has 1 N–H and O–H groups in total. The quantitative estimate of drug-likeness (QED) is 0.758. The molecular formula is C10H21NOS2. The Balaban J connectivity index is 2.10. The minimum absolute atomic E-state index is 0.535. The zero-order valence-electron chi connectivity index (χ0n) is 9.12. The molecule has 1 rings (SSSR count). The molecule has 14 heavy (non-hydrogen) atoms. The van der Waals surface area contributed by atoms with E-state index in [4.69, 9.17) is 4.74 Å². The van der Waals surface area contributed by atoms with Crippen molar-refractivity contribution < 1.29 is 4.74 Å². The molecule has 0 spiro atoms. The Labute approximate surface area is 95.9 Å². The summed E-state index contributed by atoms with van der Waals surface area (Å²) in [6.07, 6.45) is 1.15. The van der Waals surface area contributed by atoms with Gasteiger partial charge in [-0.1, -0.05) is 6.92 Å². The summed E-state index contributed by atoms with van der Waals surface area (Å²) >= 11 is 4.19. The van der Waals surface area contributed by atoms with Gasteiger partial charge in [-0.15, -0.1) is 0 Å². The molecule has 0 aromatic rings. The maximum atomic E-state index is 5.16. The molecule has 0 radical (unpaired) electrons. The zero-order valence-corrected chi connectivity index (χ0v) is 10.8. The maximum absolute atomic E-state index is 5.16. The first-order valence-corrected chi connectivity index (χ1v) is 7.48. The highest BCUT2D eigenvalue weighted by Gasteiger charge is 2.15. The molecule has 0 amide bonds. The first-order chi connectivity index (χ1) is 6.86. The average Bonchev–Trinajstić information content (AvgIpc) is 2.25. The molecule has 4 heteroatoms. The fourth-order valence-electron chi connectivity index (χ4n) is 1.47. The summed E-state index contributed by atoms with van der Waals surface area (Å²) in [5, 5.41) is 4.39. The number of rotatable bonds is 6. The Kier molecular flexibility index (Phi) is 7.12. The van der Waals surface area contributed by atoms with Crippen molar-refractivity contribution in [2.75, 3.05) is 37.5 Å². The van der Waals surface area contributed by atoms with Gasteiger partial charge in [0.25, 0.3) is 0 Å². The molecule has 0 aromatic heterocycles. The summed E-state index contributed by atoms with van der Waals surface area (Å²) in [7, 11) is 1.77. The van der Waals surface area contributed by atoms with Gasteiger partial charge in [0.05, 0.1) is 6.61 Å². The molecule has 1 heterocycles. The van der Waals surface area contributed by atoms with Crippen molar-refractivity contribution in [1.82, 2.24) is 5.32 Å². The lowest BCUT2D eigenvalue weighted by Gasteiger charge is -2.24. The highest BCUT2D eigenvalue weighted by atomic mass is 32.2. The van der Waals surface area contributed by atoms with Gasteiger partial charge >= 0.3 is 0 Å². The second-order valence-corrected chi connectivity index (χ2v) is 6.09. The van der Waals surface area contributed by atoms with E-state index in [1.807, 2.05) is 0 Å². The predicted octanol–water partition coefficient (Wildman–Crippen LogP) is 1.85. The minimum atomic E-state index is 0.535. The third-order valence-corrected chi connectivity index (χ3v) is 5.22. The molecule has 1 aliphatic heterocycles. The molecule has 0 aromatic carbocycles. The van der Waals surface area contributed by atoms with Gasteiger partial charge in [-0.3, -0.25) is 0 Å². The van der Waals surface area contributed by atoms with Crippen LogP contribution in [0.4, 0.5) is 0 Å². The SMILES string of the molecule is CCC(COC)NCC1CSCCS1. The Morgan fingerprint density at radius 2 is 2.36 bits per heavy atom. The molecule has 2 nitrogen and oxygen atoms in total. The van der Waals surface area contributed by atoms with Crippen molar-refractivity contribution in [3.05, 3.63) is 0 Å². The molecule has 1 fully saturated rings. The standard InChI is InChI=1S/C10H21NOS2/c1-3-9(7-12-2)11-6-10-8-13-4-5-14-10/h9-11H,3-8H2,1-2H3. The minimum Gasteiger partial charge on any atom is -0.383 e. The Hall–Kier alpha value is 0.620. The molecule has 0 saturated carbocycles. The fraction of sp³-hybridized carbons (Fsp3) is 1.00. The van der Waals surface area contributed by atoms with Gasteiger partial charge < -0.3 is 10.1 Å². The lowest BCUT2D eigenvalue weighted by molar-refractivity contribution is 0.165. The van der Waals surface area contributed by atoms with Crippen LogP contribution in [0, 0.1) is 0 Å². The lowest BCUT2D eigenvalue weighted by atomic mass is 10.2. The Morgan fingerprint density at radius 3 is 2.93 bits per heavy atom. The van der Waals surface area contributed by atoms with Gasteiger partial charge in [-0.05, 0) is 6.42 Å². The molecule has 2 atom stereocenters. The van der Waals surface area contributed by atoms with Gasteiger partial charge in [-0.2, -0.15) is 23.5 Å². The molecule has 1 saturated heterocycles. The molecule has 0 bridgehead atoms. The van der Waals surface area contributed by atoms with E-state index in [-0.39, 0.29) is 0 Å². The van der Waals surface area contributed by atoms with Crippen molar-refractivity contribution in [3.8, 4) is 0 Å². The van der Waals surface area contributed by atoms with Crippen LogP contribution in [0.3, 0.4) is 0 Å². The molecule has 0 aliphatic carbocycles. The topological polar surface area (TPSA) is 21.3 Å². The van der Waals surface area contributed by atoms with Crippen LogP contribution in [0.2, 0.25) is 0 Å². The third-order valence-electron chi connectivity index (χ3n) is 2.38. The van der Waals surface area contributed by atoms with E-state index >= 15 is 0 Å². The Morgan fingerprint density at radius 1 is 1.50 bits per heavy atom. The van der Waals surface area contributed by atoms with Crippen molar-refractivity contribution >= 4 is 23.5 Å². The van der Waals surface area contributed by atoms with Gasteiger partial charge in [0, 0.05) is 42.2 Å². The van der Waals surface area contributed by atoms with Crippen LogP contribution in [0.5, 0.6) is 0 Å². The first kappa shape index (κ1) is 12.7. The van der Waals surface area contributed by atoms with Gasteiger partial charge in [0.2, 0.25) is 0 Å². The van der Waals surface area contributed by atoms with Crippen molar-refractivity contribution in [2.45, 2.75) is 24.6 Å². The van der Waals surface area contributed by atoms with E-state index in [2.05, 4.69) is 35.8 Å². The third kappa shape index (κ3) is 4.91. The van der Waals surface area contributed by atoms with Crippen LogP contribution < -0.4 is 5.32 Å². The van der Waals surface area contributed by atoms with Crippen LogP contribution in [0.1, 0.15) is 13.3 Å². The smallest absolute Gasteiger partial charge is 0.0615 e. The normalized spacial score (nSPS) is 24.9. The van der Waals surface area contributed by atoms with Crippen LogP contribution in [-0.4, -0.2) is 48.8 Å². The number of ether oxygens (including phenoxy) is 1. The number of nitrogens with one attached hydrogen (secondary N) is 1. The lowest BCUT2D eigenvalue weighted by Crippen LogP contribution is -2.38. The second-order valence-electron chi connectivity index (χ2n) is 3.54. The number of methoxy groups -OCH3 is 1. The highest BCUT2D eigenvalue weighted by Crippen LogP contribution is 2.23. The summed E-state index contributed by atoms with van der Waals surface area (Å²) in [5.41, 5.74) is 0. The van der Waals surface area contributed by atoms with E-state index in [1.165, 1.54) is 17.3 Å². The van der Waals surface area contributed by atoms with Crippen molar-refractivity contribution in [1.29, 1.82) is 0 Å². The summed E-state index contributed by atoms with van der Waals surface area (Å²) < 4.78 is 5.16. The monoisotopic (exact) mass is 235 g/mol. The van der Waals surface area contributed by atoms with E-state index in [0.717, 1.165) is 24.8 Å². The maximum Gasteiger partial charge on any atom is 0.0615 e. The zero-order chi connectivity index (χ0) is 10.2. The predicted molar refractivity (Wildman–Crippen MR) is 67.5 cm³/mol. The van der Waals surface area contributed by atoms with E-state index in [9.17, 15) is 0 Å². The summed E-state index contributed by atoms with van der Waals surface area (Å²) in [6.45, 7) is 4.18. The summed E-state index contributed by atoms with van der Waals surface area (Å²) in [5.74, 6) is 3.95. The number of thioether (sulfide) groups is 2. The van der Waals surface area contributed by atoms with Crippen LogP contribution in [-0.2, 0) is 4.74 Å². The summed E-state index contributed by atoms with van der Waals surface area (Å²) in [4.78, 5) is 0. The van der Waals surface area contributed by atoms with E-state index in [1.54, 1.807) is 7.11 Å². The first-order valence-electron chi connectivity index (χ1n) is 5.28. The van der Waals surface area contributed by atoms with Gasteiger partial charge in [0.15, 0.2) is 0 Å². The van der Waals surface area contributed by atoms with Crippen molar-refractivity contribution in [2.24, 2.45) is 0 Å². The fourth-order valence-corrected chi connectivity index (χ4v) is 4.10. The largest absolute Gasteiger partial charge is 0.383 e. The van der Waals surface area contributed by atoms with Gasteiger partial charge in [0.1, 0.15) is 0 Å². The number of hydrogen-bond donors (Lipinski definition) is 1. The molecule has 2 unspecified atom stereocenters. The van der Waals surface area contributed by atoms with Gasteiger partial charge in [-0.25, -0.2) is 0 Å². The second kappa shape index (κ2) is 7.85. The number of hydrogen-bond acceptors (Lipinski definition) is 4. The molecular weight excluding hydrogens is 214 g/mol. The average molecular weight is 235 g/mol. The van der Waals surface area contributed by atoms with E-state index in [0.29, 0.717) is 6.04 Å². The Bertz CT molecular complexity index is 135. The van der Waals surface area contributed by atoms with Crippen molar-refractivity contribution in [3.63, 3.8) is 0 Å². The molecule has 1 aliphatic rings. The molecule has 84 valence electrons. The van der Waals surface area contributed by atoms with Crippen LogP contribution in [0.25, 0.3) is 0 Å². The highest BCUT2D eigenvalue weighted by molar-refractivity contribution is 8.06. The van der Waals surface area contributed by atoms with E-state index < -0.39 is 0 Å².